The third-order valence-corrected chi connectivity index (χ3v) is 4.29. The highest BCUT2D eigenvalue weighted by atomic mass is 35.6. The van der Waals surface area contributed by atoms with Gasteiger partial charge in [0.05, 0.1) is 0 Å². The summed E-state index contributed by atoms with van der Waals surface area (Å²) in [4.78, 5) is 11.9. The SMILES string of the molecule is O=C(N[C@]12CCC[C@H]1c1ccccc1O2)C(Cl)(Cl)Cl. The van der Waals surface area contributed by atoms with Gasteiger partial charge >= 0.3 is 0 Å². The predicted molar refractivity (Wildman–Crippen MR) is 74.8 cm³/mol. The highest BCUT2D eigenvalue weighted by Gasteiger charge is 2.54. The van der Waals surface area contributed by atoms with Crippen LogP contribution in [0.5, 0.6) is 5.75 Å². The van der Waals surface area contributed by atoms with Crippen molar-refractivity contribution < 1.29 is 9.53 Å². The number of nitrogens with one attached hydrogen (secondary N) is 1. The number of amides is 1. The van der Waals surface area contributed by atoms with Gasteiger partial charge in [-0.1, -0.05) is 53.0 Å². The zero-order valence-corrected chi connectivity index (χ0v) is 12.2. The Morgan fingerprint density at radius 3 is 2.84 bits per heavy atom. The van der Waals surface area contributed by atoms with Crippen LogP contribution in [0.1, 0.15) is 30.7 Å². The molecule has 1 amide bonds. The third kappa shape index (κ3) is 2.18. The molecule has 0 spiro atoms. The van der Waals surface area contributed by atoms with Crippen molar-refractivity contribution in [3.63, 3.8) is 0 Å². The molecule has 1 aliphatic heterocycles. The lowest BCUT2D eigenvalue weighted by Crippen LogP contribution is -2.55. The first kappa shape index (κ1) is 13.3. The Hall–Kier alpha value is -0.640. The van der Waals surface area contributed by atoms with Crippen molar-refractivity contribution in [2.75, 3.05) is 0 Å². The van der Waals surface area contributed by atoms with E-state index in [0.29, 0.717) is 0 Å². The Morgan fingerprint density at radius 2 is 2.11 bits per heavy atom. The first-order valence-electron chi connectivity index (χ1n) is 6.10. The summed E-state index contributed by atoms with van der Waals surface area (Å²) in [6.45, 7) is 0. The number of rotatable bonds is 1. The van der Waals surface area contributed by atoms with Crippen molar-refractivity contribution in [3.8, 4) is 5.75 Å². The number of fused-ring (bicyclic) bond motifs is 3. The fraction of sp³-hybridized carbons (Fsp3) is 0.462. The van der Waals surface area contributed by atoms with Gasteiger partial charge < -0.3 is 10.1 Å². The summed E-state index contributed by atoms with van der Waals surface area (Å²) in [5.74, 6) is 0.286. The van der Waals surface area contributed by atoms with Gasteiger partial charge in [-0.25, -0.2) is 0 Å². The minimum atomic E-state index is -1.97. The van der Waals surface area contributed by atoms with Gasteiger partial charge in [0.25, 0.3) is 9.70 Å². The van der Waals surface area contributed by atoms with Crippen LogP contribution in [-0.4, -0.2) is 15.4 Å². The molecule has 6 heteroatoms. The maximum absolute atomic E-state index is 11.9. The maximum atomic E-state index is 11.9. The molecule has 3 nitrogen and oxygen atoms in total. The van der Waals surface area contributed by atoms with Gasteiger partial charge in [0, 0.05) is 17.9 Å². The summed E-state index contributed by atoms with van der Waals surface area (Å²) in [7, 11) is 0. The van der Waals surface area contributed by atoms with Gasteiger partial charge in [0.15, 0.2) is 5.72 Å². The molecule has 1 fully saturated rings. The van der Waals surface area contributed by atoms with Gasteiger partial charge in [-0.05, 0) is 18.9 Å². The van der Waals surface area contributed by atoms with Gasteiger partial charge in [-0.2, -0.15) is 0 Å². The normalized spacial score (nSPS) is 28.5. The molecule has 1 N–H and O–H groups in total. The predicted octanol–water partition coefficient (Wildman–Crippen LogP) is 3.53. The molecule has 0 bridgehead atoms. The molecule has 0 radical (unpaired) electrons. The van der Waals surface area contributed by atoms with Crippen LogP contribution >= 0.6 is 34.8 Å². The van der Waals surface area contributed by atoms with Gasteiger partial charge in [0.2, 0.25) is 0 Å². The van der Waals surface area contributed by atoms with Crippen LogP contribution in [0.2, 0.25) is 0 Å². The number of alkyl halides is 3. The highest BCUT2D eigenvalue weighted by molar-refractivity contribution is 6.76. The minimum Gasteiger partial charge on any atom is -0.467 e. The lowest BCUT2D eigenvalue weighted by Gasteiger charge is -2.31. The van der Waals surface area contributed by atoms with E-state index in [1.54, 1.807) is 0 Å². The monoisotopic (exact) mass is 319 g/mol. The molecular weight excluding hydrogens is 309 g/mol. The van der Waals surface area contributed by atoms with E-state index in [1.807, 2.05) is 24.3 Å². The van der Waals surface area contributed by atoms with Crippen molar-refractivity contribution in [2.24, 2.45) is 0 Å². The fourth-order valence-corrected chi connectivity index (χ4v) is 3.14. The van der Waals surface area contributed by atoms with Crippen molar-refractivity contribution in [1.29, 1.82) is 0 Å². The lowest BCUT2D eigenvalue weighted by molar-refractivity contribution is -0.126. The molecule has 1 aromatic carbocycles. The van der Waals surface area contributed by atoms with E-state index in [4.69, 9.17) is 39.5 Å². The van der Waals surface area contributed by atoms with Crippen LogP contribution in [0, 0.1) is 0 Å². The number of carbonyl (C=O) groups is 1. The van der Waals surface area contributed by atoms with E-state index in [-0.39, 0.29) is 5.92 Å². The van der Waals surface area contributed by atoms with E-state index >= 15 is 0 Å². The third-order valence-electron chi connectivity index (χ3n) is 3.77. The Morgan fingerprint density at radius 1 is 1.37 bits per heavy atom. The second-order valence-corrected chi connectivity index (χ2v) is 7.21. The van der Waals surface area contributed by atoms with Crippen LogP contribution < -0.4 is 10.1 Å². The topological polar surface area (TPSA) is 38.3 Å². The molecule has 102 valence electrons. The molecule has 1 heterocycles. The minimum absolute atomic E-state index is 0.125. The van der Waals surface area contributed by atoms with Gasteiger partial charge in [-0.3, -0.25) is 4.79 Å². The average molecular weight is 321 g/mol. The molecule has 3 rings (SSSR count). The van der Waals surface area contributed by atoms with E-state index in [0.717, 1.165) is 30.6 Å². The van der Waals surface area contributed by atoms with Crippen LogP contribution in [0.25, 0.3) is 0 Å². The Balaban J connectivity index is 1.91. The molecule has 1 aliphatic carbocycles. The largest absolute Gasteiger partial charge is 0.467 e. The smallest absolute Gasteiger partial charge is 0.275 e. The van der Waals surface area contributed by atoms with E-state index in [1.165, 1.54) is 0 Å². The summed E-state index contributed by atoms with van der Waals surface area (Å²) in [6.07, 6.45) is 2.65. The maximum Gasteiger partial charge on any atom is 0.275 e. The Labute approximate surface area is 126 Å². The molecule has 0 unspecified atom stereocenters. The van der Waals surface area contributed by atoms with Crippen molar-refractivity contribution in [2.45, 2.75) is 34.7 Å². The molecule has 1 saturated carbocycles. The van der Waals surface area contributed by atoms with Crippen LogP contribution in [-0.2, 0) is 4.79 Å². The van der Waals surface area contributed by atoms with E-state index in [9.17, 15) is 4.79 Å². The molecule has 0 saturated heterocycles. The summed E-state index contributed by atoms with van der Waals surface area (Å²) >= 11 is 16.9. The molecular formula is C13H12Cl3NO2. The molecule has 1 aromatic rings. The molecule has 19 heavy (non-hydrogen) atoms. The summed E-state index contributed by atoms with van der Waals surface area (Å²) in [5.41, 5.74) is 0.356. The Kier molecular flexibility index (Phi) is 3.12. The van der Waals surface area contributed by atoms with Crippen LogP contribution in [0.15, 0.2) is 24.3 Å². The Bertz CT molecular complexity index is 529. The summed E-state index contributed by atoms with van der Waals surface area (Å²) < 4.78 is 4.00. The number of hydrogen-bond acceptors (Lipinski definition) is 2. The zero-order valence-electron chi connectivity index (χ0n) is 9.96. The number of para-hydroxylation sites is 1. The lowest BCUT2D eigenvalue weighted by atomic mass is 9.93. The van der Waals surface area contributed by atoms with Gasteiger partial charge in [0.1, 0.15) is 5.75 Å². The van der Waals surface area contributed by atoms with Crippen molar-refractivity contribution in [3.05, 3.63) is 29.8 Å². The number of carbonyl (C=O) groups excluding carboxylic acids is 1. The molecule has 0 aromatic heterocycles. The number of halogens is 3. The highest BCUT2D eigenvalue weighted by Crippen LogP contribution is 2.52. The van der Waals surface area contributed by atoms with E-state index < -0.39 is 15.4 Å². The fourth-order valence-electron chi connectivity index (χ4n) is 3.00. The molecule has 2 aliphatic rings. The summed E-state index contributed by atoms with van der Waals surface area (Å²) in [5, 5.41) is 2.78. The number of ether oxygens (including phenoxy) is 1. The zero-order chi connectivity index (χ0) is 13.7. The van der Waals surface area contributed by atoms with E-state index in [2.05, 4.69) is 5.32 Å². The van der Waals surface area contributed by atoms with Gasteiger partial charge in [-0.15, -0.1) is 0 Å². The molecule has 2 atom stereocenters. The van der Waals surface area contributed by atoms with Crippen molar-refractivity contribution >= 4 is 40.7 Å². The van der Waals surface area contributed by atoms with Crippen LogP contribution in [0.4, 0.5) is 0 Å². The summed E-state index contributed by atoms with van der Waals surface area (Å²) in [6, 6.07) is 7.79. The standard InChI is InChI=1S/C13H12Cl3NO2/c14-13(15,16)11(18)17-12-7-3-5-9(12)8-4-1-2-6-10(8)19-12/h1-2,4,6,9H,3,5,7H2,(H,17,18)/t9-,12-/m0/s1. The first-order valence-corrected chi connectivity index (χ1v) is 7.23. The van der Waals surface area contributed by atoms with Crippen molar-refractivity contribution in [1.82, 2.24) is 5.32 Å². The number of hydrogen-bond donors (Lipinski definition) is 1. The first-order chi connectivity index (χ1) is 8.92. The second-order valence-electron chi connectivity index (χ2n) is 4.93. The quantitative estimate of drug-likeness (QED) is 0.804. The number of benzene rings is 1. The average Bonchev–Trinajstić information content (AvgIpc) is 2.83. The van der Waals surface area contributed by atoms with Crippen LogP contribution in [0.3, 0.4) is 0 Å². The second kappa shape index (κ2) is 4.44.